The minimum Gasteiger partial charge on any atom is -0.302 e. The fourth-order valence-corrected chi connectivity index (χ4v) is 0.938. The molecule has 1 aromatic rings. The summed E-state index contributed by atoms with van der Waals surface area (Å²) >= 11 is 5.53. The van der Waals surface area contributed by atoms with Crippen molar-refractivity contribution in [2.24, 2.45) is 0 Å². The fraction of sp³-hybridized carbons (Fsp3) is 0.100. The standard InChI is InChI=1S/C10H6ClFO/c11-9-5-4-8(10(12)7-9)3-1-2-6-13/h4-7H,2H2. The zero-order chi connectivity index (χ0) is 9.68. The van der Waals surface area contributed by atoms with Gasteiger partial charge >= 0.3 is 0 Å². The number of carbonyl (C=O) groups is 1. The van der Waals surface area contributed by atoms with Gasteiger partial charge in [0, 0.05) is 5.02 Å². The Bertz CT molecular complexity index is 376. The zero-order valence-corrected chi connectivity index (χ0v) is 7.44. The van der Waals surface area contributed by atoms with Crippen LogP contribution >= 0.6 is 11.6 Å². The molecule has 3 heteroatoms. The monoisotopic (exact) mass is 196 g/mol. The molecule has 0 aliphatic heterocycles. The summed E-state index contributed by atoms with van der Waals surface area (Å²) < 4.78 is 13.0. The second kappa shape index (κ2) is 4.64. The summed E-state index contributed by atoms with van der Waals surface area (Å²) in [7, 11) is 0. The van der Waals surface area contributed by atoms with E-state index in [0.29, 0.717) is 11.3 Å². The SMILES string of the molecule is O=CCC#Cc1ccc(Cl)cc1F. The molecule has 1 rings (SSSR count). The number of hydrogen-bond donors (Lipinski definition) is 0. The second-order valence-corrected chi connectivity index (χ2v) is 2.73. The molecule has 0 amide bonds. The number of benzene rings is 1. The molecule has 0 saturated carbocycles. The van der Waals surface area contributed by atoms with Crippen molar-refractivity contribution in [2.75, 3.05) is 0 Å². The van der Waals surface area contributed by atoms with Gasteiger partial charge in [-0.1, -0.05) is 23.4 Å². The molecule has 0 aliphatic rings. The van der Waals surface area contributed by atoms with Gasteiger partial charge in [0.15, 0.2) is 0 Å². The smallest absolute Gasteiger partial charge is 0.140 e. The van der Waals surface area contributed by atoms with Gasteiger partial charge in [0.25, 0.3) is 0 Å². The van der Waals surface area contributed by atoms with Crippen LogP contribution < -0.4 is 0 Å². The topological polar surface area (TPSA) is 17.1 Å². The second-order valence-electron chi connectivity index (χ2n) is 2.30. The van der Waals surface area contributed by atoms with Crippen molar-refractivity contribution in [3.63, 3.8) is 0 Å². The highest BCUT2D eigenvalue weighted by Crippen LogP contribution is 2.13. The summed E-state index contributed by atoms with van der Waals surface area (Å²) in [6.45, 7) is 0. The Balaban J connectivity index is 2.91. The van der Waals surface area contributed by atoms with Crippen molar-refractivity contribution in [1.82, 2.24) is 0 Å². The molecule has 13 heavy (non-hydrogen) atoms. The Morgan fingerprint density at radius 1 is 1.54 bits per heavy atom. The third-order valence-corrected chi connectivity index (χ3v) is 1.57. The maximum Gasteiger partial charge on any atom is 0.140 e. The number of aldehydes is 1. The van der Waals surface area contributed by atoms with Gasteiger partial charge in [-0.3, -0.25) is 0 Å². The summed E-state index contributed by atoms with van der Waals surface area (Å²) in [5.74, 6) is 4.57. The van der Waals surface area contributed by atoms with Crippen LogP contribution in [0.15, 0.2) is 18.2 Å². The average molecular weight is 197 g/mol. The van der Waals surface area contributed by atoms with E-state index in [1.807, 2.05) is 0 Å². The molecule has 1 aromatic carbocycles. The highest BCUT2D eigenvalue weighted by Gasteiger charge is 1.98. The molecule has 1 nitrogen and oxygen atoms in total. The van der Waals surface area contributed by atoms with Crippen LogP contribution in [-0.4, -0.2) is 6.29 Å². The Morgan fingerprint density at radius 2 is 2.31 bits per heavy atom. The van der Waals surface area contributed by atoms with Crippen LogP contribution in [0.5, 0.6) is 0 Å². The lowest BCUT2D eigenvalue weighted by Crippen LogP contribution is -1.82. The van der Waals surface area contributed by atoms with Crippen LogP contribution in [0, 0.1) is 17.7 Å². The lowest BCUT2D eigenvalue weighted by Gasteiger charge is -1.93. The first kappa shape index (κ1) is 9.76. The molecular formula is C10H6ClFO. The molecule has 0 N–H and O–H groups in total. The van der Waals surface area contributed by atoms with E-state index >= 15 is 0 Å². The van der Waals surface area contributed by atoms with Gasteiger partial charge in [0.05, 0.1) is 12.0 Å². The van der Waals surface area contributed by atoms with E-state index in [9.17, 15) is 9.18 Å². The summed E-state index contributed by atoms with van der Waals surface area (Å²) in [6.07, 6.45) is 0.781. The van der Waals surface area contributed by atoms with Crippen LogP contribution in [0.4, 0.5) is 4.39 Å². The maximum absolute atomic E-state index is 13.0. The Hall–Kier alpha value is -1.33. The number of carbonyl (C=O) groups excluding carboxylic acids is 1. The van der Waals surface area contributed by atoms with Gasteiger partial charge in [-0.25, -0.2) is 4.39 Å². The summed E-state index contributed by atoms with van der Waals surface area (Å²) in [6, 6.07) is 4.22. The van der Waals surface area contributed by atoms with Gasteiger partial charge in [-0.2, -0.15) is 0 Å². The summed E-state index contributed by atoms with van der Waals surface area (Å²) in [5.41, 5.74) is 0.256. The molecule has 0 saturated heterocycles. The number of hydrogen-bond acceptors (Lipinski definition) is 1. The molecule has 0 fully saturated rings. The molecule has 0 bridgehead atoms. The third kappa shape index (κ3) is 2.89. The van der Waals surface area contributed by atoms with E-state index in [-0.39, 0.29) is 12.0 Å². The molecular weight excluding hydrogens is 191 g/mol. The van der Waals surface area contributed by atoms with E-state index in [1.165, 1.54) is 12.1 Å². The van der Waals surface area contributed by atoms with Gasteiger partial charge in [0.2, 0.25) is 0 Å². The predicted molar refractivity (Wildman–Crippen MR) is 49.0 cm³/mol. The van der Waals surface area contributed by atoms with Crippen LogP contribution in [0.1, 0.15) is 12.0 Å². The minimum absolute atomic E-state index is 0.113. The molecule has 0 aliphatic carbocycles. The highest BCUT2D eigenvalue weighted by molar-refractivity contribution is 6.30. The Labute approximate surface area is 80.5 Å². The van der Waals surface area contributed by atoms with Crippen LogP contribution in [-0.2, 0) is 4.79 Å². The lowest BCUT2D eigenvalue weighted by atomic mass is 10.2. The van der Waals surface area contributed by atoms with Crippen molar-refractivity contribution >= 4 is 17.9 Å². The zero-order valence-electron chi connectivity index (χ0n) is 6.68. The molecule has 0 aromatic heterocycles. The summed E-state index contributed by atoms with van der Waals surface area (Å²) in [5, 5.41) is 0.332. The van der Waals surface area contributed by atoms with Crippen molar-refractivity contribution in [3.8, 4) is 11.8 Å². The molecule has 66 valence electrons. The normalized spacial score (nSPS) is 8.77. The van der Waals surface area contributed by atoms with Gasteiger partial charge < -0.3 is 4.79 Å². The minimum atomic E-state index is -0.467. The predicted octanol–water partition coefficient (Wildman–Crippen LogP) is 2.42. The molecule has 0 spiro atoms. The van der Waals surface area contributed by atoms with Crippen LogP contribution in [0.3, 0.4) is 0 Å². The first-order valence-corrected chi connectivity index (χ1v) is 3.99. The first-order chi connectivity index (χ1) is 6.24. The molecule has 0 radical (unpaired) electrons. The average Bonchev–Trinajstić information content (AvgIpc) is 2.09. The quantitative estimate of drug-likeness (QED) is 0.498. The molecule has 0 heterocycles. The fourth-order valence-electron chi connectivity index (χ4n) is 0.779. The Morgan fingerprint density at radius 3 is 2.92 bits per heavy atom. The van der Waals surface area contributed by atoms with E-state index in [0.717, 1.165) is 0 Å². The maximum atomic E-state index is 13.0. The number of halogens is 2. The largest absolute Gasteiger partial charge is 0.302 e. The van der Waals surface area contributed by atoms with E-state index in [2.05, 4.69) is 11.8 Å². The molecule has 0 atom stereocenters. The van der Waals surface area contributed by atoms with Crippen molar-refractivity contribution in [3.05, 3.63) is 34.6 Å². The van der Waals surface area contributed by atoms with Crippen LogP contribution in [0.25, 0.3) is 0 Å². The van der Waals surface area contributed by atoms with Crippen molar-refractivity contribution in [2.45, 2.75) is 6.42 Å². The summed E-state index contributed by atoms with van der Waals surface area (Å²) in [4.78, 5) is 9.92. The number of rotatable bonds is 1. The van der Waals surface area contributed by atoms with Gasteiger partial charge in [-0.05, 0) is 18.2 Å². The van der Waals surface area contributed by atoms with Crippen molar-refractivity contribution in [1.29, 1.82) is 0 Å². The van der Waals surface area contributed by atoms with Crippen LogP contribution in [0.2, 0.25) is 5.02 Å². The first-order valence-electron chi connectivity index (χ1n) is 3.61. The van der Waals surface area contributed by atoms with E-state index < -0.39 is 5.82 Å². The van der Waals surface area contributed by atoms with Gasteiger partial charge in [-0.15, -0.1) is 0 Å². The lowest BCUT2D eigenvalue weighted by molar-refractivity contribution is -0.107. The Kier molecular flexibility index (Phi) is 3.48. The molecule has 0 unspecified atom stereocenters. The third-order valence-electron chi connectivity index (χ3n) is 1.34. The van der Waals surface area contributed by atoms with Crippen molar-refractivity contribution < 1.29 is 9.18 Å². The van der Waals surface area contributed by atoms with Gasteiger partial charge in [0.1, 0.15) is 12.1 Å². The van der Waals surface area contributed by atoms with E-state index in [4.69, 9.17) is 11.6 Å². The highest BCUT2D eigenvalue weighted by atomic mass is 35.5. The van der Waals surface area contributed by atoms with E-state index in [1.54, 1.807) is 6.07 Å².